The zero-order valence-corrected chi connectivity index (χ0v) is 13.9. The van der Waals surface area contributed by atoms with Gasteiger partial charge in [0.1, 0.15) is 24.4 Å². The molecule has 8 heteroatoms. The molecule has 1 heterocycles. The summed E-state index contributed by atoms with van der Waals surface area (Å²) in [6.07, 6.45) is -3.39. The highest BCUT2D eigenvalue weighted by molar-refractivity contribution is 5.66. The van der Waals surface area contributed by atoms with E-state index in [1.54, 1.807) is 7.11 Å². The van der Waals surface area contributed by atoms with Crippen molar-refractivity contribution in [1.82, 2.24) is 0 Å². The molecule has 0 spiro atoms. The van der Waals surface area contributed by atoms with Crippen molar-refractivity contribution in [3.8, 4) is 0 Å². The predicted octanol–water partition coefficient (Wildman–Crippen LogP) is -0.0192. The smallest absolute Gasteiger partial charge is 0.303 e. The van der Waals surface area contributed by atoms with Crippen LogP contribution in [0.4, 0.5) is 0 Å². The molecule has 130 valence electrons. The predicted molar refractivity (Wildman–Crippen MR) is 75.5 cm³/mol. The number of hydrogen-bond acceptors (Lipinski definition) is 8. The SMILES string of the molecule is COCC(OC(C)=O)C1OC(OC)C(OC)C(OC)C1OC. The molecule has 0 N–H and O–H groups in total. The standard InChI is InChI=1S/C14H26O8/c1-8(15)21-9(7-16-2)10-11(17-3)12(18-4)13(19-5)14(20-6)22-10/h9-14H,7H2,1-6H3. The van der Waals surface area contributed by atoms with Crippen molar-refractivity contribution in [3.05, 3.63) is 0 Å². The van der Waals surface area contributed by atoms with Gasteiger partial charge in [0.2, 0.25) is 0 Å². The lowest BCUT2D eigenvalue weighted by atomic mass is 9.94. The van der Waals surface area contributed by atoms with Crippen LogP contribution < -0.4 is 0 Å². The molecule has 0 aliphatic carbocycles. The van der Waals surface area contributed by atoms with E-state index in [1.165, 1.54) is 35.4 Å². The maximum Gasteiger partial charge on any atom is 0.303 e. The van der Waals surface area contributed by atoms with E-state index >= 15 is 0 Å². The van der Waals surface area contributed by atoms with Crippen molar-refractivity contribution in [2.75, 3.05) is 42.2 Å². The Morgan fingerprint density at radius 3 is 1.95 bits per heavy atom. The van der Waals surface area contributed by atoms with Crippen LogP contribution in [0.5, 0.6) is 0 Å². The Kier molecular flexibility index (Phi) is 8.23. The van der Waals surface area contributed by atoms with Crippen molar-refractivity contribution in [3.63, 3.8) is 0 Å². The summed E-state index contributed by atoms with van der Waals surface area (Å²) in [7, 11) is 7.64. The maximum absolute atomic E-state index is 11.3. The van der Waals surface area contributed by atoms with Crippen LogP contribution in [0.1, 0.15) is 6.92 Å². The van der Waals surface area contributed by atoms with E-state index in [2.05, 4.69) is 0 Å². The Bertz CT molecular complexity index is 337. The average molecular weight is 322 g/mol. The van der Waals surface area contributed by atoms with Gasteiger partial charge in [0, 0.05) is 42.5 Å². The van der Waals surface area contributed by atoms with Gasteiger partial charge in [0.25, 0.3) is 0 Å². The molecule has 0 radical (unpaired) electrons. The van der Waals surface area contributed by atoms with Crippen molar-refractivity contribution >= 4 is 5.97 Å². The van der Waals surface area contributed by atoms with Crippen LogP contribution in [0.2, 0.25) is 0 Å². The van der Waals surface area contributed by atoms with E-state index in [9.17, 15) is 4.79 Å². The first kappa shape index (κ1) is 19.3. The molecule has 1 saturated heterocycles. The minimum absolute atomic E-state index is 0.161. The normalized spacial score (nSPS) is 33.5. The number of rotatable bonds is 8. The Balaban J connectivity index is 3.05. The van der Waals surface area contributed by atoms with E-state index in [0.29, 0.717) is 0 Å². The third-order valence-corrected chi connectivity index (χ3v) is 3.59. The van der Waals surface area contributed by atoms with Gasteiger partial charge < -0.3 is 33.2 Å². The van der Waals surface area contributed by atoms with Crippen LogP contribution in [0.15, 0.2) is 0 Å². The fourth-order valence-corrected chi connectivity index (χ4v) is 2.68. The van der Waals surface area contributed by atoms with Gasteiger partial charge in [-0.1, -0.05) is 0 Å². The van der Waals surface area contributed by atoms with E-state index in [1.807, 2.05) is 0 Å². The fourth-order valence-electron chi connectivity index (χ4n) is 2.68. The zero-order valence-electron chi connectivity index (χ0n) is 13.9. The Morgan fingerprint density at radius 2 is 1.55 bits per heavy atom. The molecular weight excluding hydrogens is 296 g/mol. The molecule has 1 fully saturated rings. The molecule has 8 nitrogen and oxygen atoms in total. The van der Waals surface area contributed by atoms with Crippen molar-refractivity contribution in [1.29, 1.82) is 0 Å². The second-order valence-electron chi connectivity index (χ2n) is 4.91. The van der Waals surface area contributed by atoms with Crippen LogP contribution in [-0.2, 0) is 38.0 Å². The summed E-state index contributed by atoms with van der Waals surface area (Å²) in [6, 6.07) is 0. The van der Waals surface area contributed by atoms with Crippen molar-refractivity contribution < 1.29 is 38.0 Å². The molecular formula is C14H26O8. The second-order valence-corrected chi connectivity index (χ2v) is 4.91. The van der Waals surface area contributed by atoms with Crippen LogP contribution in [-0.4, -0.2) is 84.9 Å². The summed E-state index contributed by atoms with van der Waals surface area (Å²) in [6.45, 7) is 1.49. The summed E-state index contributed by atoms with van der Waals surface area (Å²) >= 11 is 0. The van der Waals surface area contributed by atoms with Gasteiger partial charge in [-0.25, -0.2) is 0 Å². The van der Waals surface area contributed by atoms with Gasteiger partial charge in [-0.05, 0) is 0 Å². The lowest BCUT2D eigenvalue weighted by Crippen LogP contribution is -2.63. The third-order valence-electron chi connectivity index (χ3n) is 3.59. The molecule has 22 heavy (non-hydrogen) atoms. The minimum atomic E-state index is -0.679. The summed E-state index contributed by atoms with van der Waals surface area (Å²) in [5.74, 6) is -0.433. The van der Waals surface area contributed by atoms with Crippen molar-refractivity contribution in [2.24, 2.45) is 0 Å². The number of ether oxygens (including phenoxy) is 7. The number of carbonyl (C=O) groups is 1. The lowest BCUT2D eigenvalue weighted by molar-refractivity contribution is -0.317. The first-order valence-electron chi connectivity index (χ1n) is 6.96. The molecule has 1 aliphatic heterocycles. The number of hydrogen-bond donors (Lipinski definition) is 0. The number of esters is 1. The lowest BCUT2D eigenvalue weighted by Gasteiger charge is -2.46. The average Bonchev–Trinajstić information content (AvgIpc) is 2.51. The molecule has 6 atom stereocenters. The molecule has 0 amide bonds. The molecule has 0 aromatic carbocycles. The molecule has 6 unspecified atom stereocenters. The van der Waals surface area contributed by atoms with Gasteiger partial charge >= 0.3 is 5.97 Å². The topological polar surface area (TPSA) is 81.7 Å². The first-order valence-corrected chi connectivity index (χ1v) is 6.96. The van der Waals surface area contributed by atoms with E-state index in [0.717, 1.165) is 0 Å². The molecule has 1 aliphatic rings. The van der Waals surface area contributed by atoms with Gasteiger partial charge in [-0.3, -0.25) is 4.79 Å². The molecule has 0 aromatic rings. The molecule has 0 aromatic heterocycles. The van der Waals surface area contributed by atoms with Gasteiger partial charge in [-0.15, -0.1) is 0 Å². The van der Waals surface area contributed by atoms with Crippen molar-refractivity contribution in [2.45, 2.75) is 43.7 Å². The van der Waals surface area contributed by atoms with Crippen LogP contribution in [0, 0.1) is 0 Å². The zero-order chi connectivity index (χ0) is 16.7. The Hall–Kier alpha value is -0.770. The van der Waals surface area contributed by atoms with E-state index in [-0.39, 0.29) is 6.61 Å². The summed E-state index contributed by atoms with van der Waals surface area (Å²) in [5, 5.41) is 0. The van der Waals surface area contributed by atoms with Gasteiger partial charge in [-0.2, -0.15) is 0 Å². The van der Waals surface area contributed by atoms with E-state index < -0.39 is 42.8 Å². The highest BCUT2D eigenvalue weighted by Crippen LogP contribution is 2.30. The molecule has 1 rings (SSSR count). The largest absolute Gasteiger partial charge is 0.457 e. The third kappa shape index (κ3) is 4.37. The highest BCUT2D eigenvalue weighted by atomic mass is 16.7. The number of methoxy groups -OCH3 is 5. The maximum atomic E-state index is 11.3. The Labute approximate surface area is 130 Å². The summed E-state index contributed by atoms with van der Waals surface area (Å²) < 4.78 is 38.0. The monoisotopic (exact) mass is 322 g/mol. The van der Waals surface area contributed by atoms with Gasteiger partial charge in [0.15, 0.2) is 12.4 Å². The Morgan fingerprint density at radius 1 is 0.955 bits per heavy atom. The highest BCUT2D eigenvalue weighted by Gasteiger charge is 2.50. The summed E-state index contributed by atoms with van der Waals surface area (Å²) in [5.41, 5.74) is 0. The van der Waals surface area contributed by atoms with Crippen LogP contribution in [0.25, 0.3) is 0 Å². The van der Waals surface area contributed by atoms with Gasteiger partial charge in [0.05, 0.1) is 6.61 Å². The quantitative estimate of drug-likeness (QED) is 0.577. The minimum Gasteiger partial charge on any atom is -0.457 e. The summed E-state index contributed by atoms with van der Waals surface area (Å²) in [4.78, 5) is 11.3. The molecule has 0 saturated carbocycles. The van der Waals surface area contributed by atoms with Crippen LogP contribution >= 0.6 is 0 Å². The number of carbonyl (C=O) groups excluding carboxylic acids is 1. The second kappa shape index (κ2) is 9.39. The fraction of sp³-hybridized carbons (Fsp3) is 0.929. The van der Waals surface area contributed by atoms with Crippen LogP contribution in [0.3, 0.4) is 0 Å². The first-order chi connectivity index (χ1) is 10.5. The van der Waals surface area contributed by atoms with E-state index in [4.69, 9.17) is 33.2 Å². The molecule has 0 bridgehead atoms.